The molecule has 0 aliphatic carbocycles. The van der Waals surface area contributed by atoms with Gasteiger partial charge in [-0.3, -0.25) is 9.59 Å². The molecule has 0 spiro atoms. The molecule has 7 heteroatoms. The highest BCUT2D eigenvalue weighted by Crippen LogP contribution is 2.16. The number of hydrogen-bond donors (Lipinski definition) is 2. The fourth-order valence-corrected chi connectivity index (χ4v) is 2.66. The Morgan fingerprint density at radius 1 is 1.39 bits per heavy atom. The van der Waals surface area contributed by atoms with Gasteiger partial charge >= 0.3 is 0 Å². The van der Waals surface area contributed by atoms with Crippen LogP contribution in [0.25, 0.3) is 0 Å². The van der Waals surface area contributed by atoms with Crippen LogP contribution in [-0.4, -0.2) is 23.4 Å². The van der Waals surface area contributed by atoms with E-state index in [2.05, 4.69) is 10.3 Å². The van der Waals surface area contributed by atoms with Crippen LogP contribution in [0, 0.1) is 6.92 Å². The lowest BCUT2D eigenvalue weighted by atomic mass is 10.2. The highest BCUT2D eigenvalue weighted by atomic mass is 32.1. The number of primary amides is 1. The topological polar surface area (TPSA) is 94.3 Å². The Balaban J connectivity index is 1.69. The van der Waals surface area contributed by atoms with Crippen molar-refractivity contribution in [2.45, 2.75) is 26.2 Å². The number of carbonyl (C=O) groups is 2. The minimum absolute atomic E-state index is 0.0801. The molecule has 0 unspecified atom stereocenters. The number of nitrogens with zero attached hydrogens (tertiary/aromatic N) is 1. The van der Waals surface area contributed by atoms with E-state index in [1.54, 1.807) is 5.38 Å². The molecule has 0 saturated heterocycles. The van der Waals surface area contributed by atoms with E-state index in [1.807, 2.05) is 31.2 Å². The zero-order valence-electron chi connectivity index (χ0n) is 12.9. The first-order valence-corrected chi connectivity index (χ1v) is 8.13. The Kier molecular flexibility index (Phi) is 6.10. The Morgan fingerprint density at radius 2 is 2.22 bits per heavy atom. The lowest BCUT2D eigenvalue weighted by molar-refractivity contribution is -0.117. The van der Waals surface area contributed by atoms with Crippen molar-refractivity contribution < 1.29 is 14.3 Å². The van der Waals surface area contributed by atoms with E-state index in [9.17, 15) is 9.59 Å². The molecule has 1 heterocycles. The van der Waals surface area contributed by atoms with Gasteiger partial charge in [0, 0.05) is 11.8 Å². The van der Waals surface area contributed by atoms with Gasteiger partial charge < -0.3 is 15.8 Å². The number of aryl methyl sites for hydroxylation is 1. The van der Waals surface area contributed by atoms with Crippen molar-refractivity contribution in [3.63, 3.8) is 0 Å². The maximum Gasteiger partial charge on any atom is 0.226 e. The third-order valence-electron chi connectivity index (χ3n) is 2.96. The predicted molar refractivity (Wildman–Crippen MR) is 89.6 cm³/mol. The normalized spacial score (nSPS) is 10.3. The van der Waals surface area contributed by atoms with Crippen LogP contribution in [0.4, 0.5) is 5.13 Å². The molecule has 6 nitrogen and oxygen atoms in total. The maximum absolute atomic E-state index is 11.8. The van der Waals surface area contributed by atoms with Gasteiger partial charge in [-0.15, -0.1) is 11.3 Å². The summed E-state index contributed by atoms with van der Waals surface area (Å²) in [5, 5.41) is 4.89. The minimum atomic E-state index is -0.443. The fourth-order valence-electron chi connectivity index (χ4n) is 1.93. The number of nitrogens with two attached hydrogens (primary N) is 1. The molecular formula is C16H19N3O3S. The monoisotopic (exact) mass is 333 g/mol. The van der Waals surface area contributed by atoms with Gasteiger partial charge in [0.25, 0.3) is 0 Å². The number of nitrogens with one attached hydrogen (secondary N) is 1. The molecule has 122 valence electrons. The molecule has 0 radical (unpaired) electrons. The fraction of sp³-hybridized carbons (Fsp3) is 0.312. The Labute approximate surface area is 138 Å². The van der Waals surface area contributed by atoms with Crippen molar-refractivity contribution in [2.75, 3.05) is 11.9 Å². The summed E-state index contributed by atoms with van der Waals surface area (Å²) in [5.41, 5.74) is 6.80. The second-order valence-electron chi connectivity index (χ2n) is 5.10. The van der Waals surface area contributed by atoms with Crippen LogP contribution < -0.4 is 15.8 Å². The average molecular weight is 333 g/mol. The van der Waals surface area contributed by atoms with Gasteiger partial charge in [-0.2, -0.15) is 0 Å². The van der Waals surface area contributed by atoms with Crippen molar-refractivity contribution in [3.8, 4) is 5.75 Å². The smallest absolute Gasteiger partial charge is 0.226 e. The van der Waals surface area contributed by atoms with Crippen molar-refractivity contribution in [3.05, 3.63) is 40.9 Å². The molecule has 0 fully saturated rings. The summed E-state index contributed by atoms with van der Waals surface area (Å²) >= 11 is 1.28. The number of carbonyl (C=O) groups excluding carboxylic acids is 2. The van der Waals surface area contributed by atoms with E-state index >= 15 is 0 Å². The molecule has 0 aliphatic rings. The van der Waals surface area contributed by atoms with E-state index in [0.29, 0.717) is 30.3 Å². The largest absolute Gasteiger partial charge is 0.494 e. The van der Waals surface area contributed by atoms with Crippen molar-refractivity contribution in [1.29, 1.82) is 0 Å². The number of benzene rings is 1. The van der Waals surface area contributed by atoms with Crippen LogP contribution in [0.15, 0.2) is 29.6 Å². The summed E-state index contributed by atoms with van der Waals surface area (Å²) in [6, 6.07) is 7.78. The summed E-state index contributed by atoms with van der Waals surface area (Å²) in [6.07, 6.45) is 1.03. The first-order valence-electron chi connectivity index (χ1n) is 7.25. The van der Waals surface area contributed by atoms with E-state index in [1.165, 1.54) is 11.3 Å². The van der Waals surface area contributed by atoms with E-state index in [-0.39, 0.29) is 12.3 Å². The highest BCUT2D eigenvalue weighted by Gasteiger charge is 2.08. The zero-order chi connectivity index (χ0) is 16.7. The van der Waals surface area contributed by atoms with Gasteiger partial charge in [-0.05, 0) is 31.0 Å². The lowest BCUT2D eigenvalue weighted by Crippen LogP contribution is -2.15. The number of hydrogen-bond acceptors (Lipinski definition) is 5. The van der Waals surface area contributed by atoms with Gasteiger partial charge in [0.05, 0.1) is 18.7 Å². The van der Waals surface area contributed by atoms with Gasteiger partial charge in [0.15, 0.2) is 5.13 Å². The van der Waals surface area contributed by atoms with Crippen molar-refractivity contribution >= 4 is 28.3 Å². The van der Waals surface area contributed by atoms with Crippen LogP contribution in [0.5, 0.6) is 5.75 Å². The van der Waals surface area contributed by atoms with Gasteiger partial charge in [-0.1, -0.05) is 12.1 Å². The Bertz CT molecular complexity index is 685. The number of aromatic nitrogens is 1. The van der Waals surface area contributed by atoms with Gasteiger partial charge in [0.1, 0.15) is 5.75 Å². The second-order valence-corrected chi connectivity index (χ2v) is 5.96. The molecule has 0 saturated carbocycles. The quantitative estimate of drug-likeness (QED) is 0.725. The summed E-state index contributed by atoms with van der Waals surface area (Å²) in [4.78, 5) is 26.7. The standard InChI is InChI=1S/C16H19N3O3S/c1-11-4-2-5-13(8-11)22-7-3-6-15(21)19-16-18-12(10-23-16)9-14(17)20/h2,4-5,8,10H,3,6-7,9H2,1H3,(H2,17,20)(H,18,19,21). The highest BCUT2D eigenvalue weighted by molar-refractivity contribution is 7.13. The van der Waals surface area contributed by atoms with Crippen molar-refractivity contribution in [2.24, 2.45) is 5.73 Å². The van der Waals surface area contributed by atoms with Crippen LogP contribution in [0.3, 0.4) is 0 Å². The SMILES string of the molecule is Cc1cccc(OCCCC(=O)Nc2nc(CC(N)=O)cs2)c1. The number of ether oxygens (including phenoxy) is 1. The summed E-state index contributed by atoms with van der Waals surface area (Å²) in [5.74, 6) is 0.237. The minimum Gasteiger partial charge on any atom is -0.494 e. The van der Waals surface area contributed by atoms with E-state index in [0.717, 1.165) is 11.3 Å². The van der Waals surface area contributed by atoms with Gasteiger partial charge in [-0.25, -0.2) is 4.98 Å². The van der Waals surface area contributed by atoms with Crippen LogP contribution in [0.1, 0.15) is 24.1 Å². The molecule has 1 aromatic carbocycles. The lowest BCUT2D eigenvalue weighted by Gasteiger charge is -2.06. The average Bonchev–Trinajstić information content (AvgIpc) is 2.90. The Hall–Kier alpha value is -2.41. The maximum atomic E-state index is 11.8. The molecular weight excluding hydrogens is 314 g/mol. The van der Waals surface area contributed by atoms with Crippen LogP contribution in [0.2, 0.25) is 0 Å². The third kappa shape index (κ3) is 6.07. The van der Waals surface area contributed by atoms with Crippen LogP contribution in [-0.2, 0) is 16.0 Å². The molecule has 3 N–H and O–H groups in total. The van der Waals surface area contributed by atoms with Crippen LogP contribution >= 0.6 is 11.3 Å². The van der Waals surface area contributed by atoms with Crippen molar-refractivity contribution in [1.82, 2.24) is 4.98 Å². The third-order valence-corrected chi connectivity index (χ3v) is 3.77. The molecule has 0 aliphatic heterocycles. The molecule has 2 amide bonds. The molecule has 0 atom stereocenters. The first-order chi connectivity index (χ1) is 11.0. The molecule has 23 heavy (non-hydrogen) atoms. The summed E-state index contributed by atoms with van der Waals surface area (Å²) in [7, 11) is 0. The molecule has 0 bridgehead atoms. The number of thiazole rings is 1. The number of anilines is 1. The van der Waals surface area contributed by atoms with E-state index < -0.39 is 5.91 Å². The predicted octanol–water partition coefficient (Wildman–Crippen LogP) is 2.28. The second kappa shape index (κ2) is 8.28. The van der Waals surface area contributed by atoms with E-state index in [4.69, 9.17) is 10.5 Å². The Morgan fingerprint density at radius 3 is 2.96 bits per heavy atom. The zero-order valence-corrected chi connectivity index (χ0v) is 13.7. The molecule has 2 rings (SSSR count). The number of amides is 2. The summed E-state index contributed by atoms with van der Waals surface area (Å²) < 4.78 is 5.59. The number of rotatable bonds is 8. The molecule has 1 aromatic heterocycles. The first kappa shape index (κ1) is 17.0. The summed E-state index contributed by atoms with van der Waals surface area (Å²) in [6.45, 7) is 2.47. The van der Waals surface area contributed by atoms with Gasteiger partial charge in [0.2, 0.25) is 11.8 Å². The molecule has 2 aromatic rings.